The van der Waals surface area contributed by atoms with E-state index in [1.165, 1.54) is 0 Å². The van der Waals surface area contributed by atoms with E-state index in [1.54, 1.807) is 0 Å². The lowest BCUT2D eigenvalue weighted by atomic mass is 10.2. The minimum atomic E-state index is -0.0475. The van der Waals surface area contributed by atoms with Gasteiger partial charge < -0.3 is 14.8 Å². The molecule has 1 unspecified atom stereocenters. The maximum absolute atomic E-state index is 13.0. The number of amides is 2. The molecule has 4 nitrogen and oxygen atoms in total. The molecule has 1 aromatic heterocycles. The quantitative estimate of drug-likeness (QED) is 0.509. The van der Waals surface area contributed by atoms with Crippen molar-refractivity contribution in [3.05, 3.63) is 94.8 Å². The predicted molar refractivity (Wildman–Crippen MR) is 119 cm³/mol. The topological polar surface area (TPSA) is 37.3 Å². The third kappa shape index (κ3) is 5.64. The standard InChI is InChI=1S/C24H28ClN3O/c1-3-19(2)28(24(29)26-16-20-10-5-4-6-11-20)18-22-13-9-15-27(22)17-21-12-7-8-14-23(21)25/h4-15,19H,3,16-18H2,1-2H3,(H,26,29). The third-order valence-corrected chi connectivity index (χ3v) is 5.59. The number of halogens is 1. The van der Waals surface area contributed by atoms with E-state index in [0.29, 0.717) is 19.6 Å². The Labute approximate surface area is 178 Å². The van der Waals surface area contributed by atoms with Crippen LogP contribution in [-0.2, 0) is 19.6 Å². The fourth-order valence-electron chi connectivity index (χ4n) is 3.26. The summed E-state index contributed by atoms with van der Waals surface area (Å²) in [6, 6.07) is 22.0. The van der Waals surface area contributed by atoms with Crippen molar-refractivity contribution >= 4 is 17.6 Å². The number of benzene rings is 2. The molecule has 3 aromatic rings. The second kappa shape index (κ2) is 10.2. The molecule has 0 aliphatic carbocycles. The van der Waals surface area contributed by atoms with Crippen LogP contribution in [0.1, 0.15) is 37.1 Å². The first kappa shape index (κ1) is 21.0. The van der Waals surface area contributed by atoms with Crippen molar-refractivity contribution in [3.63, 3.8) is 0 Å². The molecule has 1 atom stereocenters. The molecule has 152 valence electrons. The predicted octanol–water partition coefficient (Wildman–Crippen LogP) is 5.70. The summed E-state index contributed by atoms with van der Waals surface area (Å²) in [5.74, 6) is 0. The number of nitrogens with zero attached hydrogens (tertiary/aromatic N) is 2. The van der Waals surface area contributed by atoms with Crippen molar-refractivity contribution in [3.8, 4) is 0 Å². The molecule has 2 amide bonds. The van der Waals surface area contributed by atoms with Gasteiger partial charge in [-0.3, -0.25) is 0 Å². The lowest BCUT2D eigenvalue weighted by molar-refractivity contribution is 0.171. The van der Waals surface area contributed by atoms with Crippen LogP contribution >= 0.6 is 11.6 Å². The van der Waals surface area contributed by atoms with Crippen LogP contribution in [0.3, 0.4) is 0 Å². The Bertz CT molecular complexity index is 923. The Balaban J connectivity index is 1.71. The molecule has 2 aromatic carbocycles. The highest BCUT2D eigenvalue weighted by molar-refractivity contribution is 6.31. The van der Waals surface area contributed by atoms with E-state index >= 15 is 0 Å². The molecule has 0 aliphatic rings. The molecular formula is C24H28ClN3O. The summed E-state index contributed by atoms with van der Waals surface area (Å²) in [6.07, 6.45) is 2.93. The van der Waals surface area contributed by atoms with Gasteiger partial charge in [0.2, 0.25) is 0 Å². The molecule has 0 radical (unpaired) electrons. The molecule has 1 heterocycles. The van der Waals surface area contributed by atoms with E-state index < -0.39 is 0 Å². The maximum atomic E-state index is 13.0. The monoisotopic (exact) mass is 409 g/mol. The average molecular weight is 410 g/mol. The molecule has 0 saturated heterocycles. The maximum Gasteiger partial charge on any atom is 0.318 e. The van der Waals surface area contributed by atoms with Crippen molar-refractivity contribution < 1.29 is 4.79 Å². The molecule has 0 spiro atoms. The van der Waals surface area contributed by atoms with E-state index in [2.05, 4.69) is 29.8 Å². The van der Waals surface area contributed by atoms with Crippen LogP contribution in [0.15, 0.2) is 72.9 Å². The van der Waals surface area contributed by atoms with Crippen molar-refractivity contribution in [1.82, 2.24) is 14.8 Å². The highest BCUT2D eigenvalue weighted by atomic mass is 35.5. The number of hydrogen-bond donors (Lipinski definition) is 1. The normalized spacial score (nSPS) is 11.8. The van der Waals surface area contributed by atoms with Crippen LogP contribution in [0.25, 0.3) is 0 Å². The van der Waals surface area contributed by atoms with Crippen LogP contribution in [0, 0.1) is 0 Å². The number of urea groups is 1. The Kier molecular flexibility index (Phi) is 7.36. The molecule has 0 bridgehead atoms. The van der Waals surface area contributed by atoms with E-state index in [0.717, 1.165) is 28.3 Å². The number of rotatable bonds is 8. The van der Waals surface area contributed by atoms with Crippen LogP contribution in [0.4, 0.5) is 4.79 Å². The number of carbonyl (C=O) groups is 1. The second-order valence-electron chi connectivity index (χ2n) is 7.25. The van der Waals surface area contributed by atoms with Crippen LogP contribution in [-0.4, -0.2) is 21.5 Å². The van der Waals surface area contributed by atoms with Gasteiger partial charge in [0, 0.05) is 36.0 Å². The average Bonchev–Trinajstić information content (AvgIpc) is 3.18. The van der Waals surface area contributed by atoms with Gasteiger partial charge in [-0.2, -0.15) is 0 Å². The van der Waals surface area contributed by atoms with Gasteiger partial charge >= 0.3 is 6.03 Å². The molecule has 5 heteroatoms. The number of hydrogen-bond acceptors (Lipinski definition) is 1. The summed E-state index contributed by atoms with van der Waals surface area (Å²) in [5.41, 5.74) is 3.24. The molecule has 1 N–H and O–H groups in total. The smallest absolute Gasteiger partial charge is 0.318 e. The molecule has 0 saturated carbocycles. The number of aromatic nitrogens is 1. The van der Waals surface area contributed by atoms with E-state index in [9.17, 15) is 4.79 Å². The van der Waals surface area contributed by atoms with Crippen molar-refractivity contribution in [1.29, 1.82) is 0 Å². The van der Waals surface area contributed by atoms with Crippen LogP contribution < -0.4 is 5.32 Å². The number of nitrogens with one attached hydrogen (secondary N) is 1. The Hall–Kier alpha value is -2.72. The van der Waals surface area contributed by atoms with Crippen molar-refractivity contribution in [2.45, 2.75) is 45.9 Å². The Morgan fingerprint density at radius 2 is 1.79 bits per heavy atom. The molecule has 3 rings (SSSR count). The minimum absolute atomic E-state index is 0.0475. The Morgan fingerprint density at radius 3 is 2.52 bits per heavy atom. The zero-order valence-corrected chi connectivity index (χ0v) is 17.8. The van der Waals surface area contributed by atoms with Gasteiger partial charge in [0.25, 0.3) is 0 Å². The fraction of sp³-hybridized carbons (Fsp3) is 0.292. The second-order valence-corrected chi connectivity index (χ2v) is 7.66. The minimum Gasteiger partial charge on any atom is -0.345 e. The first-order valence-corrected chi connectivity index (χ1v) is 10.4. The van der Waals surface area contributed by atoms with Crippen LogP contribution in [0.5, 0.6) is 0 Å². The molecule has 0 fully saturated rings. The lowest BCUT2D eigenvalue weighted by Gasteiger charge is -2.29. The molecule has 0 aliphatic heterocycles. The first-order valence-electron chi connectivity index (χ1n) is 10.0. The SMILES string of the molecule is CCC(C)N(Cc1cccn1Cc1ccccc1Cl)C(=O)NCc1ccccc1. The number of carbonyl (C=O) groups excluding carboxylic acids is 1. The largest absolute Gasteiger partial charge is 0.345 e. The Morgan fingerprint density at radius 1 is 1.07 bits per heavy atom. The summed E-state index contributed by atoms with van der Waals surface area (Å²) in [4.78, 5) is 14.9. The van der Waals surface area contributed by atoms with E-state index in [-0.39, 0.29) is 12.1 Å². The van der Waals surface area contributed by atoms with Gasteiger partial charge in [-0.05, 0) is 42.7 Å². The van der Waals surface area contributed by atoms with Gasteiger partial charge in [-0.25, -0.2) is 4.79 Å². The molecular weight excluding hydrogens is 382 g/mol. The molecule has 29 heavy (non-hydrogen) atoms. The van der Waals surface area contributed by atoms with Gasteiger partial charge in [0.1, 0.15) is 0 Å². The van der Waals surface area contributed by atoms with Gasteiger partial charge in [0.15, 0.2) is 0 Å². The van der Waals surface area contributed by atoms with Crippen molar-refractivity contribution in [2.75, 3.05) is 0 Å². The summed E-state index contributed by atoms with van der Waals surface area (Å²) < 4.78 is 2.15. The van der Waals surface area contributed by atoms with Gasteiger partial charge in [-0.15, -0.1) is 0 Å². The summed E-state index contributed by atoms with van der Waals surface area (Å²) in [6.45, 7) is 5.94. The fourth-order valence-corrected chi connectivity index (χ4v) is 3.45. The zero-order chi connectivity index (χ0) is 20.6. The first-order chi connectivity index (χ1) is 14.1. The highest BCUT2D eigenvalue weighted by Gasteiger charge is 2.20. The summed E-state index contributed by atoms with van der Waals surface area (Å²) >= 11 is 6.33. The van der Waals surface area contributed by atoms with Gasteiger partial charge in [0.05, 0.1) is 6.54 Å². The zero-order valence-electron chi connectivity index (χ0n) is 17.0. The van der Waals surface area contributed by atoms with Gasteiger partial charge in [-0.1, -0.05) is 67.1 Å². The van der Waals surface area contributed by atoms with E-state index in [4.69, 9.17) is 11.6 Å². The van der Waals surface area contributed by atoms with E-state index in [1.807, 2.05) is 71.8 Å². The van der Waals surface area contributed by atoms with Crippen LogP contribution in [0.2, 0.25) is 5.02 Å². The van der Waals surface area contributed by atoms with Crippen molar-refractivity contribution in [2.24, 2.45) is 0 Å². The lowest BCUT2D eigenvalue weighted by Crippen LogP contribution is -2.44. The summed E-state index contributed by atoms with van der Waals surface area (Å²) in [7, 11) is 0. The highest BCUT2D eigenvalue weighted by Crippen LogP contribution is 2.19. The third-order valence-electron chi connectivity index (χ3n) is 5.22. The summed E-state index contributed by atoms with van der Waals surface area (Å²) in [5, 5.41) is 3.82.